The van der Waals surface area contributed by atoms with E-state index in [0.29, 0.717) is 0 Å². The average Bonchev–Trinajstić information content (AvgIpc) is 3.73. The molecule has 1 aliphatic heterocycles. The van der Waals surface area contributed by atoms with Crippen LogP contribution < -0.4 is 9.64 Å². The summed E-state index contributed by atoms with van der Waals surface area (Å²) in [4.78, 5) is 2.49. The predicted octanol–water partition coefficient (Wildman–Crippen LogP) is 17.3. The summed E-state index contributed by atoms with van der Waals surface area (Å²) in [5.41, 5.74) is 20.0. The molecular formula is C64H55NO. The van der Waals surface area contributed by atoms with Crippen LogP contribution in [0.5, 0.6) is 11.5 Å². The molecule has 0 fully saturated rings. The van der Waals surface area contributed by atoms with Crippen LogP contribution in [0.4, 0.5) is 17.1 Å². The molecule has 322 valence electrons. The lowest BCUT2D eigenvalue weighted by molar-refractivity contribution is 0.437. The highest BCUT2D eigenvalue weighted by molar-refractivity contribution is 6.02. The number of rotatable bonds is 4. The zero-order chi connectivity index (χ0) is 45.3. The van der Waals surface area contributed by atoms with Gasteiger partial charge >= 0.3 is 0 Å². The van der Waals surface area contributed by atoms with Gasteiger partial charge in [-0.3, -0.25) is 0 Å². The first-order valence-corrected chi connectivity index (χ1v) is 23.6. The van der Waals surface area contributed by atoms with E-state index in [9.17, 15) is 0 Å². The maximum atomic E-state index is 7.50. The molecular weight excluding hydrogens is 799 g/mol. The summed E-state index contributed by atoms with van der Waals surface area (Å²) in [6.45, 7) is 18.7. The van der Waals surface area contributed by atoms with Gasteiger partial charge in [0, 0.05) is 27.8 Å². The Labute approximate surface area is 390 Å². The van der Waals surface area contributed by atoms with Crippen LogP contribution in [0.1, 0.15) is 99.9 Å². The number of benzene rings is 9. The van der Waals surface area contributed by atoms with Crippen molar-refractivity contribution in [3.05, 3.63) is 233 Å². The molecule has 1 heterocycles. The van der Waals surface area contributed by atoms with Crippen molar-refractivity contribution >= 4 is 27.8 Å². The SMILES string of the molecule is CC(C)(C)c1ccc2c(c1)C1(c3ccccc3Oc3c(N(c4ccc5c(c4)C(C)(C)c4ccccc4-5)c4ccccc4-c4cccc5ccccc45)cccc31)c1cc(C(C)(C)C)ccc1-2. The Balaban J connectivity index is 1.19. The molecule has 0 radical (unpaired) electrons. The monoisotopic (exact) mass is 853 g/mol. The maximum Gasteiger partial charge on any atom is 0.156 e. The van der Waals surface area contributed by atoms with Gasteiger partial charge in [0.1, 0.15) is 5.75 Å². The van der Waals surface area contributed by atoms with E-state index >= 15 is 0 Å². The van der Waals surface area contributed by atoms with Gasteiger partial charge in [0.05, 0.1) is 16.8 Å². The maximum absolute atomic E-state index is 7.50. The number of ether oxygens (including phenoxy) is 1. The summed E-state index contributed by atoms with van der Waals surface area (Å²) in [5.74, 6) is 1.75. The predicted molar refractivity (Wildman–Crippen MR) is 276 cm³/mol. The largest absolute Gasteiger partial charge is 0.454 e. The highest BCUT2D eigenvalue weighted by Crippen LogP contribution is 2.65. The van der Waals surface area contributed by atoms with E-state index < -0.39 is 5.41 Å². The molecule has 2 nitrogen and oxygen atoms in total. The van der Waals surface area contributed by atoms with E-state index in [0.717, 1.165) is 39.7 Å². The van der Waals surface area contributed by atoms with E-state index in [2.05, 4.69) is 248 Å². The molecule has 1 spiro atoms. The fraction of sp³-hybridized carbons (Fsp3) is 0.188. The second-order valence-electron chi connectivity index (χ2n) is 21.3. The second-order valence-corrected chi connectivity index (χ2v) is 21.3. The minimum absolute atomic E-state index is 0.0555. The van der Waals surface area contributed by atoms with Gasteiger partial charge in [0.2, 0.25) is 0 Å². The Kier molecular flexibility index (Phi) is 8.66. The van der Waals surface area contributed by atoms with E-state index in [1.165, 1.54) is 77.5 Å². The van der Waals surface area contributed by atoms with Gasteiger partial charge in [-0.25, -0.2) is 0 Å². The van der Waals surface area contributed by atoms with Crippen molar-refractivity contribution in [3.63, 3.8) is 0 Å². The van der Waals surface area contributed by atoms with Crippen molar-refractivity contribution < 1.29 is 4.74 Å². The molecule has 0 amide bonds. The number of hydrogen-bond donors (Lipinski definition) is 0. The highest BCUT2D eigenvalue weighted by Gasteiger charge is 2.52. The van der Waals surface area contributed by atoms with E-state index in [1.807, 2.05) is 0 Å². The third-order valence-corrected chi connectivity index (χ3v) is 15.1. The van der Waals surface area contributed by atoms with Gasteiger partial charge in [-0.05, 0) is 113 Å². The summed E-state index contributed by atoms with van der Waals surface area (Å²) in [6, 6.07) is 70.6. The Morgan fingerprint density at radius 3 is 1.64 bits per heavy atom. The zero-order valence-corrected chi connectivity index (χ0v) is 39.3. The van der Waals surface area contributed by atoms with Crippen LogP contribution in [0.15, 0.2) is 188 Å². The number of fused-ring (bicyclic) bond motifs is 13. The van der Waals surface area contributed by atoms with Crippen molar-refractivity contribution in [2.75, 3.05) is 4.90 Å². The van der Waals surface area contributed by atoms with Crippen LogP contribution in [-0.4, -0.2) is 0 Å². The molecule has 9 aromatic carbocycles. The molecule has 0 aromatic heterocycles. The highest BCUT2D eigenvalue weighted by atomic mass is 16.5. The van der Waals surface area contributed by atoms with E-state index in [1.54, 1.807) is 0 Å². The first kappa shape index (κ1) is 40.4. The van der Waals surface area contributed by atoms with Crippen LogP contribution >= 0.6 is 0 Å². The van der Waals surface area contributed by atoms with Gasteiger partial charge in [-0.2, -0.15) is 0 Å². The molecule has 0 bridgehead atoms. The van der Waals surface area contributed by atoms with Crippen LogP contribution in [0.3, 0.4) is 0 Å². The zero-order valence-electron chi connectivity index (χ0n) is 39.3. The van der Waals surface area contributed by atoms with Crippen molar-refractivity contribution in [2.24, 2.45) is 0 Å². The van der Waals surface area contributed by atoms with Crippen molar-refractivity contribution in [3.8, 4) is 44.9 Å². The molecule has 2 heteroatoms. The van der Waals surface area contributed by atoms with Crippen LogP contribution in [-0.2, 0) is 21.7 Å². The van der Waals surface area contributed by atoms with Crippen LogP contribution in [0.25, 0.3) is 44.2 Å². The number of para-hydroxylation sites is 3. The molecule has 0 atom stereocenters. The van der Waals surface area contributed by atoms with Gasteiger partial charge in [-0.1, -0.05) is 213 Å². The topological polar surface area (TPSA) is 12.5 Å². The fourth-order valence-corrected chi connectivity index (χ4v) is 11.7. The lowest BCUT2D eigenvalue weighted by Crippen LogP contribution is -2.33. The van der Waals surface area contributed by atoms with Crippen molar-refractivity contribution in [1.29, 1.82) is 0 Å². The van der Waals surface area contributed by atoms with Gasteiger partial charge in [0.25, 0.3) is 0 Å². The minimum atomic E-state index is -0.657. The summed E-state index contributed by atoms with van der Waals surface area (Å²) < 4.78 is 7.50. The first-order chi connectivity index (χ1) is 31.8. The molecule has 0 saturated carbocycles. The Morgan fingerprint density at radius 2 is 0.909 bits per heavy atom. The lowest BCUT2D eigenvalue weighted by atomic mass is 9.64. The number of nitrogens with zero attached hydrogens (tertiary/aromatic N) is 1. The Bertz CT molecular complexity index is 3390. The summed E-state index contributed by atoms with van der Waals surface area (Å²) in [5, 5.41) is 2.44. The quantitative estimate of drug-likeness (QED) is 0.175. The number of hydrogen-bond acceptors (Lipinski definition) is 2. The van der Waals surface area contributed by atoms with Crippen molar-refractivity contribution in [2.45, 2.75) is 77.0 Å². The van der Waals surface area contributed by atoms with Gasteiger partial charge in [-0.15, -0.1) is 0 Å². The van der Waals surface area contributed by atoms with Gasteiger partial charge < -0.3 is 9.64 Å². The second kappa shape index (κ2) is 14.2. The molecule has 3 aliphatic rings. The summed E-state index contributed by atoms with van der Waals surface area (Å²) in [6.07, 6.45) is 0. The summed E-state index contributed by atoms with van der Waals surface area (Å²) >= 11 is 0. The number of anilines is 3. The molecule has 2 aliphatic carbocycles. The van der Waals surface area contributed by atoms with Crippen molar-refractivity contribution in [1.82, 2.24) is 0 Å². The summed E-state index contributed by atoms with van der Waals surface area (Å²) in [7, 11) is 0. The minimum Gasteiger partial charge on any atom is -0.454 e. The Hall–Kier alpha value is -7.16. The third kappa shape index (κ3) is 5.73. The molecule has 12 rings (SSSR count). The smallest absolute Gasteiger partial charge is 0.156 e. The standard InChI is InChI=1S/C64H55NO/c1-61(2,3)41-31-34-48-49-35-32-42(62(4,5)6)38-56(49)64(55(48)37-41)52-26-14-16-30-59(52)66-60-53(64)27-18-29-58(60)65(43-33-36-47-46-22-11-13-25-51(46)63(7,8)54(47)39-43)57-28-15-12-23-50(57)45-24-17-20-40-19-9-10-21-44(40)45/h9-39H,1-8H3. The average molecular weight is 854 g/mol. The molecule has 66 heavy (non-hydrogen) atoms. The third-order valence-electron chi connectivity index (χ3n) is 15.1. The Morgan fingerprint density at radius 1 is 0.394 bits per heavy atom. The molecule has 0 unspecified atom stereocenters. The molecule has 9 aromatic rings. The van der Waals surface area contributed by atoms with Gasteiger partial charge in [0.15, 0.2) is 5.75 Å². The fourth-order valence-electron chi connectivity index (χ4n) is 11.7. The van der Waals surface area contributed by atoms with E-state index in [-0.39, 0.29) is 16.2 Å². The molecule has 0 N–H and O–H groups in total. The van der Waals surface area contributed by atoms with Crippen LogP contribution in [0, 0.1) is 0 Å². The molecule has 0 saturated heterocycles. The lowest BCUT2D eigenvalue weighted by Gasteiger charge is -2.42. The van der Waals surface area contributed by atoms with Crippen LogP contribution in [0.2, 0.25) is 0 Å². The normalized spacial score (nSPS) is 14.7. The van der Waals surface area contributed by atoms with E-state index in [4.69, 9.17) is 4.74 Å². The first-order valence-electron chi connectivity index (χ1n) is 23.6.